The third-order valence-corrected chi connectivity index (χ3v) is 3.45. The van der Waals surface area contributed by atoms with E-state index in [0.29, 0.717) is 5.82 Å². The Morgan fingerprint density at radius 3 is 2.84 bits per heavy atom. The van der Waals surface area contributed by atoms with Gasteiger partial charge in [0.05, 0.1) is 11.3 Å². The largest absolute Gasteiger partial charge is 0.383 e. The van der Waals surface area contributed by atoms with Crippen molar-refractivity contribution >= 4 is 21.7 Å². The van der Waals surface area contributed by atoms with Crippen molar-refractivity contribution in [2.75, 3.05) is 5.73 Å². The van der Waals surface area contributed by atoms with Gasteiger partial charge in [-0.3, -0.25) is 9.78 Å². The molecular formula is C13H12BrN5. The van der Waals surface area contributed by atoms with Crippen molar-refractivity contribution in [3.8, 4) is 22.5 Å². The smallest absolute Gasteiger partial charge is 0.129 e. The summed E-state index contributed by atoms with van der Waals surface area (Å²) in [5.41, 5.74) is 9.72. The highest BCUT2D eigenvalue weighted by atomic mass is 79.9. The van der Waals surface area contributed by atoms with Crippen molar-refractivity contribution in [1.29, 1.82) is 0 Å². The van der Waals surface area contributed by atoms with Gasteiger partial charge in [-0.25, -0.2) is 0 Å². The van der Waals surface area contributed by atoms with Crippen LogP contribution in [0.2, 0.25) is 0 Å². The van der Waals surface area contributed by atoms with Gasteiger partial charge in [0.15, 0.2) is 0 Å². The average molecular weight is 318 g/mol. The summed E-state index contributed by atoms with van der Waals surface area (Å²) >= 11 is 3.48. The number of aromatic amines is 1. The molecule has 3 rings (SSSR count). The molecule has 2 aromatic heterocycles. The Bertz CT molecular complexity index is 715. The normalized spacial score (nSPS) is 10.8. The van der Waals surface area contributed by atoms with Gasteiger partial charge in [-0.1, -0.05) is 28.1 Å². The maximum Gasteiger partial charge on any atom is 0.129 e. The SMILES string of the molecule is Cn1nc(-c2ccn[nH]2)c(-c2cccc(Br)c2)c1N. The van der Waals surface area contributed by atoms with Gasteiger partial charge in [-0.05, 0) is 23.8 Å². The van der Waals surface area contributed by atoms with Crippen molar-refractivity contribution in [1.82, 2.24) is 20.0 Å². The van der Waals surface area contributed by atoms with E-state index >= 15 is 0 Å². The summed E-state index contributed by atoms with van der Waals surface area (Å²) in [7, 11) is 1.83. The summed E-state index contributed by atoms with van der Waals surface area (Å²) in [5, 5.41) is 11.4. The number of nitrogens with one attached hydrogen (secondary N) is 1. The number of hydrogen-bond acceptors (Lipinski definition) is 3. The van der Waals surface area contributed by atoms with Crippen LogP contribution in [0.4, 0.5) is 5.82 Å². The second kappa shape index (κ2) is 4.55. The van der Waals surface area contributed by atoms with Gasteiger partial charge in [0.1, 0.15) is 11.5 Å². The number of halogens is 1. The van der Waals surface area contributed by atoms with Crippen LogP contribution in [0.3, 0.4) is 0 Å². The molecule has 0 unspecified atom stereocenters. The Morgan fingerprint density at radius 2 is 2.16 bits per heavy atom. The Morgan fingerprint density at radius 1 is 1.32 bits per heavy atom. The minimum absolute atomic E-state index is 0.628. The van der Waals surface area contributed by atoms with E-state index in [1.54, 1.807) is 10.9 Å². The van der Waals surface area contributed by atoms with Crippen LogP contribution in [-0.2, 0) is 7.05 Å². The third kappa shape index (κ3) is 2.04. The zero-order valence-electron chi connectivity index (χ0n) is 10.3. The molecule has 0 saturated heterocycles. The average Bonchev–Trinajstić information content (AvgIpc) is 2.99. The van der Waals surface area contributed by atoms with Crippen LogP contribution in [0, 0.1) is 0 Å². The maximum absolute atomic E-state index is 6.14. The molecule has 6 heteroatoms. The first-order chi connectivity index (χ1) is 9.16. The zero-order valence-corrected chi connectivity index (χ0v) is 11.8. The van der Waals surface area contributed by atoms with Gasteiger partial charge in [-0.15, -0.1) is 0 Å². The van der Waals surface area contributed by atoms with Gasteiger partial charge in [0.2, 0.25) is 0 Å². The van der Waals surface area contributed by atoms with E-state index < -0.39 is 0 Å². The summed E-state index contributed by atoms with van der Waals surface area (Å²) in [5.74, 6) is 0.628. The molecular weight excluding hydrogens is 306 g/mol. The van der Waals surface area contributed by atoms with Crippen molar-refractivity contribution in [2.24, 2.45) is 7.05 Å². The summed E-state index contributed by atoms with van der Waals surface area (Å²) in [6, 6.07) is 9.86. The summed E-state index contributed by atoms with van der Waals surface area (Å²) in [4.78, 5) is 0. The standard InChI is InChI=1S/C13H12BrN5/c1-19-13(15)11(8-3-2-4-9(14)7-8)12(18-19)10-5-6-16-17-10/h2-7H,15H2,1H3,(H,16,17). The predicted octanol–water partition coefficient (Wildman–Crippen LogP) is 2.82. The molecule has 3 N–H and O–H groups in total. The molecule has 0 bridgehead atoms. The first-order valence-electron chi connectivity index (χ1n) is 5.75. The highest BCUT2D eigenvalue weighted by Crippen LogP contribution is 2.35. The first kappa shape index (κ1) is 12.0. The highest BCUT2D eigenvalue weighted by molar-refractivity contribution is 9.10. The van der Waals surface area contributed by atoms with E-state index in [2.05, 4.69) is 31.2 Å². The second-order valence-corrected chi connectivity index (χ2v) is 5.13. The number of hydrogen-bond donors (Lipinski definition) is 2. The van der Waals surface area contributed by atoms with Crippen molar-refractivity contribution < 1.29 is 0 Å². The number of aryl methyl sites for hydroxylation is 1. The van der Waals surface area contributed by atoms with E-state index in [4.69, 9.17) is 5.73 Å². The van der Waals surface area contributed by atoms with Crippen LogP contribution >= 0.6 is 15.9 Å². The Balaban J connectivity index is 2.26. The predicted molar refractivity (Wildman–Crippen MR) is 78.3 cm³/mol. The highest BCUT2D eigenvalue weighted by Gasteiger charge is 2.18. The van der Waals surface area contributed by atoms with Gasteiger partial charge < -0.3 is 5.73 Å². The first-order valence-corrected chi connectivity index (χ1v) is 6.54. The van der Waals surface area contributed by atoms with E-state index in [0.717, 1.165) is 27.0 Å². The Hall–Kier alpha value is -2.08. The van der Waals surface area contributed by atoms with Crippen LogP contribution in [0.1, 0.15) is 0 Å². The molecule has 2 heterocycles. The van der Waals surface area contributed by atoms with E-state index in [1.807, 2.05) is 37.4 Å². The lowest BCUT2D eigenvalue weighted by atomic mass is 10.0. The van der Waals surface area contributed by atoms with Crippen molar-refractivity contribution in [3.63, 3.8) is 0 Å². The molecule has 96 valence electrons. The molecule has 0 atom stereocenters. The Labute approximate surface area is 118 Å². The number of nitrogens with zero attached hydrogens (tertiary/aromatic N) is 3. The molecule has 0 spiro atoms. The van der Waals surface area contributed by atoms with Crippen LogP contribution in [0.25, 0.3) is 22.5 Å². The number of benzene rings is 1. The molecule has 0 fully saturated rings. The lowest BCUT2D eigenvalue weighted by Gasteiger charge is -2.03. The van der Waals surface area contributed by atoms with E-state index in [1.165, 1.54) is 0 Å². The lowest BCUT2D eigenvalue weighted by molar-refractivity contribution is 0.781. The van der Waals surface area contributed by atoms with Crippen LogP contribution in [-0.4, -0.2) is 20.0 Å². The Kier molecular flexibility index (Phi) is 2.87. The number of H-pyrrole nitrogens is 1. The van der Waals surface area contributed by atoms with Crippen molar-refractivity contribution in [3.05, 3.63) is 41.0 Å². The number of nitrogen functional groups attached to an aromatic ring is 1. The van der Waals surface area contributed by atoms with E-state index in [-0.39, 0.29) is 0 Å². The minimum atomic E-state index is 0.628. The lowest BCUT2D eigenvalue weighted by Crippen LogP contribution is -1.97. The fraction of sp³-hybridized carbons (Fsp3) is 0.0769. The fourth-order valence-electron chi connectivity index (χ4n) is 2.04. The minimum Gasteiger partial charge on any atom is -0.383 e. The quantitative estimate of drug-likeness (QED) is 0.763. The second-order valence-electron chi connectivity index (χ2n) is 4.21. The number of aromatic nitrogens is 4. The molecule has 0 aliphatic carbocycles. The van der Waals surface area contributed by atoms with Crippen molar-refractivity contribution in [2.45, 2.75) is 0 Å². The van der Waals surface area contributed by atoms with Gasteiger partial charge in [0, 0.05) is 17.7 Å². The molecule has 1 aromatic carbocycles. The number of nitrogens with two attached hydrogens (primary N) is 1. The molecule has 0 aliphatic heterocycles. The number of rotatable bonds is 2. The number of anilines is 1. The van der Waals surface area contributed by atoms with Crippen LogP contribution in [0.5, 0.6) is 0 Å². The molecule has 3 aromatic rings. The van der Waals surface area contributed by atoms with Gasteiger partial charge >= 0.3 is 0 Å². The topological polar surface area (TPSA) is 72.5 Å². The molecule has 0 saturated carbocycles. The molecule has 5 nitrogen and oxygen atoms in total. The monoisotopic (exact) mass is 317 g/mol. The van der Waals surface area contributed by atoms with Crippen LogP contribution < -0.4 is 5.73 Å². The maximum atomic E-state index is 6.14. The molecule has 0 radical (unpaired) electrons. The van der Waals surface area contributed by atoms with E-state index in [9.17, 15) is 0 Å². The zero-order chi connectivity index (χ0) is 13.4. The van der Waals surface area contributed by atoms with Crippen LogP contribution in [0.15, 0.2) is 41.0 Å². The summed E-state index contributed by atoms with van der Waals surface area (Å²) in [6.07, 6.45) is 1.70. The molecule has 0 amide bonds. The molecule has 0 aliphatic rings. The third-order valence-electron chi connectivity index (χ3n) is 2.96. The fourth-order valence-corrected chi connectivity index (χ4v) is 2.44. The summed E-state index contributed by atoms with van der Waals surface area (Å²) < 4.78 is 2.68. The summed E-state index contributed by atoms with van der Waals surface area (Å²) in [6.45, 7) is 0. The molecule has 19 heavy (non-hydrogen) atoms. The van der Waals surface area contributed by atoms with Gasteiger partial charge in [-0.2, -0.15) is 10.2 Å². The van der Waals surface area contributed by atoms with Gasteiger partial charge in [0.25, 0.3) is 0 Å².